The van der Waals surface area contributed by atoms with Gasteiger partial charge in [-0.2, -0.15) is 0 Å². The van der Waals surface area contributed by atoms with Crippen LogP contribution in [-0.4, -0.2) is 61.0 Å². The third-order valence-corrected chi connectivity index (χ3v) is 7.53. The van der Waals surface area contributed by atoms with Gasteiger partial charge in [-0.15, -0.1) is 0 Å². The van der Waals surface area contributed by atoms with E-state index in [2.05, 4.69) is 22.6 Å². The van der Waals surface area contributed by atoms with E-state index in [1.807, 2.05) is 32.0 Å². The van der Waals surface area contributed by atoms with E-state index >= 15 is 0 Å². The first-order chi connectivity index (χ1) is 14.6. The number of ether oxygens (including phenoxy) is 1. The summed E-state index contributed by atoms with van der Waals surface area (Å²) in [4.78, 5) is 29.2. The lowest BCUT2D eigenvalue weighted by Gasteiger charge is -2.39. The largest absolute Gasteiger partial charge is 0.467 e. The molecule has 0 saturated carbocycles. The average molecular weight is 566 g/mol. The highest BCUT2D eigenvalue weighted by molar-refractivity contribution is 14.1. The molecule has 1 aromatic rings. The second-order valence-corrected chi connectivity index (χ2v) is 11.0. The van der Waals surface area contributed by atoms with E-state index in [4.69, 9.17) is 13.8 Å². The summed E-state index contributed by atoms with van der Waals surface area (Å²) < 4.78 is 30.0. The van der Waals surface area contributed by atoms with E-state index < -0.39 is 19.6 Å². The summed E-state index contributed by atoms with van der Waals surface area (Å²) in [7, 11) is -2.18. The van der Waals surface area contributed by atoms with Crippen molar-refractivity contribution in [2.45, 2.75) is 46.7 Å². The first kappa shape index (κ1) is 26.1. The fraction of sp³-hybridized carbons (Fsp3) is 0.619. The van der Waals surface area contributed by atoms with Gasteiger partial charge in [-0.05, 0) is 65.6 Å². The zero-order valence-electron chi connectivity index (χ0n) is 18.8. The lowest BCUT2D eigenvalue weighted by molar-refractivity contribution is -0.146. The van der Waals surface area contributed by atoms with Crippen molar-refractivity contribution in [3.05, 3.63) is 32.9 Å². The van der Waals surface area contributed by atoms with Gasteiger partial charge in [0, 0.05) is 23.1 Å². The first-order valence-electron chi connectivity index (χ1n) is 10.4. The van der Waals surface area contributed by atoms with E-state index in [1.165, 1.54) is 16.9 Å². The van der Waals surface area contributed by atoms with Crippen LogP contribution >= 0.6 is 30.2 Å². The van der Waals surface area contributed by atoms with Crippen LogP contribution in [0.2, 0.25) is 0 Å². The second-order valence-electron chi connectivity index (χ2n) is 7.77. The number of halogens is 1. The van der Waals surface area contributed by atoms with Crippen molar-refractivity contribution >= 4 is 42.2 Å². The molecule has 1 aromatic carbocycles. The van der Waals surface area contributed by atoms with Gasteiger partial charge in [0.15, 0.2) is 0 Å². The molecule has 31 heavy (non-hydrogen) atoms. The number of nitrogens with zero attached hydrogens (tertiary/aromatic N) is 2. The Balaban J connectivity index is 2.38. The quantitative estimate of drug-likeness (QED) is 0.249. The van der Waals surface area contributed by atoms with Crippen molar-refractivity contribution in [2.75, 3.05) is 33.2 Å². The van der Waals surface area contributed by atoms with E-state index in [0.717, 1.165) is 14.7 Å². The van der Waals surface area contributed by atoms with Crippen LogP contribution < -0.4 is 0 Å². The van der Waals surface area contributed by atoms with Gasteiger partial charge in [0.25, 0.3) is 0 Å². The number of carbonyl (C=O) groups excluding carboxylic acids is 2. The van der Waals surface area contributed by atoms with Crippen LogP contribution in [0.3, 0.4) is 0 Å². The van der Waals surface area contributed by atoms with Crippen LogP contribution in [0.25, 0.3) is 0 Å². The predicted octanol–water partition coefficient (Wildman–Crippen LogP) is 4.49. The Morgan fingerprint density at radius 1 is 1.23 bits per heavy atom. The van der Waals surface area contributed by atoms with E-state index in [1.54, 1.807) is 13.8 Å². The number of benzene rings is 1. The Labute approximate surface area is 198 Å². The summed E-state index contributed by atoms with van der Waals surface area (Å²) in [6.45, 7) is 8.45. The van der Waals surface area contributed by atoms with Gasteiger partial charge >= 0.3 is 19.6 Å². The van der Waals surface area contributed by atoms with Crippen molar-refractivity contribution in [1.82, 2.24) is 9.80 Å². The van der Waals surface area contributed by atoms with E-state index in [0.29, 0.717) is 13.0 Å². The van der Waals surface area contributed by atoms with Crippen molar-refractivity contribution in [2.24, 2.45) is 5.92 Å². The summed E-state index contributed by atoms with van der Waals surface area (Å²) in [6.07, 6.45) is 0.199. The highest BCUT2D eigenvalue weighted by Gasteiger charge is 2.39. The molecule has 0 spiro atoms. The Hall–Kier alpha value is -1.16. The van der Waals surface area contributed by atoms with Gasteiger partial charge < -0.3 is 23.6 Å². The number of fused-ring (bicyclic) bond motifs is 1. The second kappa shape index (κ2) is 11.6. The zero-order chi connectivity index (χ0) is 23.2. The minimum absolute atomic E-state index is 0.121. The van der Waals surface area contributed by atoms with Crippen molar-refractivity contribution in [3.8, 4) is 0 Å². The first-order valence-corrected chi connectivity index (χ1v) is 13.2. The standard InChI is InChI=1S/C21H32IN2O6P/c1-6-29-31(27,30-7-2)14-23(12-15(3)4)21(26)24-13-16-8-9-18(22)10-17(16)11-19(24)20(25)28-5/h8-10,15,19H,6-7,11-14H2,1-5H3. The number of rotatable bonds is 9. The number of amides is 2. The summed E-state index contributed by atoms with van der Waals surface area (Å²) in [6, 6.07) is 4.84. The molecule has 0 saturated heterocycles. The molecule has 174 valence electrons. The Kier molecular flexibility index (Phi) is 9.79. The minimum atomic E-state index is -3.50. The van der Waals surface area contributed by atoms with Gasteiger partial charge in [-0.1, -0.05) is 19.9 Å². The molecule has 0 aromatic heterocycles. The number of hydrogen-bond acceptors (Lipinski definition) is 6. The highest BCUT2D eigenvalue weighted by Crippen LogP contribution is 2.48. The molecule has 2 amide bonds. The molecule has 0 radical (unpaired) electrons. The number of esters is 1. The molecule has 0 fully saturated rings. The maximum absolute atomic E-state index is 13.6. The summed E-state index contributed by atoms with van der Waals surface area (Å²) in [5.41, 5.74) is 2.01. The molecule has 1 atom stereocenters. The number of urea groups is 1. The molecule has 1 aliphatic rings. The molecule has 0 aliphatic carbocycles. The third kappa shape index (κ3) is 6.91. The Morgan fingerprint density at radius 2 is 1.87 bits per heavy atom. The number of methoxy groups -OCH3 is 1. The fourth-order valence-electron chi connectivity index (χ4n) is 3.64. The average Bonchev–Trinajstić information content (AvgIpc) is 2.71. The predicted molar refractivity (Wildman–Crippen MR) is 127 cm³/mol. The summed E-state index contributed by atoms with van der Waals surface area (Å²) in [5, 5.41) is 0. The maximum atomic E-state index is 13.6. The molecule has 10 heteroatoms. The number of hydrogen-bond donors (Lipinski definition) is 0. The van der Waals surface area contributed by atoms with Gasteiger partial charge in [0.2, 0.25) is 0 Å². The van der Waals surface area contributed by atoms with Crippen LogP contribution in [-0.2, 0) is 36.1 Å². The molecule has 1 aliphatic heterocycles. The van der Waals surface area contributed by atoms with Crippen molar-refractivity contribution in [1.29, 1.82) is 0 Å². The SMILES string of the molecule is CCOP(=O)(CN(CC(C)C)C(=O)N1Cc2ccc(I)cc2CC1C(=O)OC)OCC. The minimum Gasteiger partial charge on any atom is -0.467 e. The smallest absolute Gasteiger partial charge is 0.349 e. The van der Waals surface area contributed by atoms with Crippen LogP contribution in [0.15, 0.2) is 18.2 Å². The summed E-state index contributed by atoms with van der Waals surface area (Å²) >= 11 is 2.23. The Morgan fingerprint density at radius 3 is 2.42 bits per heavy atom. The monoisotopic (exact) mass is 566 g/mol. The lowest BCUT2D eigenvalue weighted by Crippen LogP contribution is -2.54. The molecule has 0 N–H and O–H groups in total. The van der Waals surface area contributed by atoms with Gasteiger partial charge in [-0.3, -0.25) is 4.57 Å². The maximum Gasteiger partial charge on any atom is 0.349 e. The third-order valence-electron chi connectivity index (χ3n) is 4.87. The molecule has 1 heterocycles. The lowest BCUT2D eigenvalue weighted by atomic mass is 9.94. The van der Waals surface area contributed by atoms with Crippen LogP contribution in [0, 0.1) is 9.49 Å². The van der Waals surface area contributed by atoms with Gasteiger partial charge in [-0.25, -0.2) is 9.59 Å². The molecule has 0 bridgehead atoms. The van der Waals surface area contributed by atoms with Crippen molar-refractivity contribution < 1.29 is 27.9 Å². The molecular formula is C21H32IN2O6P. The molecule has 2 rings (SSSR count). The normalized spacial score (nSPS) is 16.2. The van der Waals surface area contributed by atoms with Gasteiger partial charge in [0.1, 0.15) is 12.3 Å². The van der Waals surface area contributed by atoms with E-state index in [-0.39, 0.29) is 38.0 Å². The van der Waals surface area contributed by atoms with Crippen molar-refractivity contribution in [3.63, 3.8) is 0 Å². The summed E-state index contributed by atoms with van der Waals surface area (Å²) in [5.74, 6) is -0.351. The molecule has 1 unspecified atom stereocenters. The molecule has 8 nitrogen and oxygen atoms in total. The fourth-order valence-corrected chi connectivity index (χ4v) is 5.87. The topological polar surface area (TPSA) is 85.4 Å². The van der Waals surface area contributed by atoms with Crippen LogP contribution in [0.4, 0.5) is 4.79 Å². The zero-order valence-corrected chi connectivity index (χ0v) is 21.9. The van der Waals surface area contributed by atoms with Crippen LogP contribution in [0.1, 0.15) is 38.8 Å². The highest BCUT2D eigenvalue weighted by atomic mass is 127. The number of carbonyl (C=O) groups is 2. The Bertz CT molecular complexity index is 824. The van der Waals surface area contributed by atoms with Gasteiger partial charge in [0.05, 0.1) is 20.3 Å². The van der Waals surface area contributed by atoms with E-state index in [9.17, 15) is 14.2 Å². The van der Waals surface area contributed by atoms with Crippen LogP contribution in [0.5, 0.6) is 0 Å². The molecular weight excluding hydrogens is 534 g/mol.